The summed E-state index contributed by atoms with van der Waals surface area (Å²) in [5.41, 5.74) is 5.54. The molecule has 1 atom stereocenters. The second-order valence-electron chi connectivity index (χ2n) is 5.93. The molecule has 2 aliphatic rings. The zero-order valence-electron chi connectivity index (χ0n) is 15.5. The maximum atomic E-state index is 3.19. The van der Waals surface area contributed by atoms with Crippen LogP contribution < -0.4 is 0 Å². The number of rotatable bonds is 2. The first-order valence-electron chi connectivity index (χ1n) is 8.06. The molecule has 0 spiro atoms. The Labute approximate surface area is 179 Å². The molecule has 4 heteroatoms. The molecule has 0 amide bonds. The standard InChI is InChI=1S/C7H8Si.2C7H9.2ClH.Ti/c8-6-7-4-2-1-3-5-7;2*1-6-3-4-7(2)5-6;;;/h1-5,8H,6H2;5H,3H2,1-2H3;3,5,7H,1-2H3;2*1H;/q;2*-1;;;+2. The minimum atomic E-state index is 0. The van der Waals surface area contributed by atoms with Gasteiger partial charge < -0.3 is 0 Å². The van der Waals surface area contributed by atoms with Crippen LogP contribution in [0.15, 0.2) is 65.3 Å². The van der Waals surface area contributed by atoms with Crippen LogP contribution in [0, 0.1) is 18.1 Å². The number of hydrogen-bond donors (Lipinski definition) is 0. The molecule has 3 rings (SSSR count). The van der Waals surface area contributed by atoms with Gasteiger partial charge in [0.05, 0.1) is 0 Å². The van der Waals surface area contributed by atoms with Crippen LogP contribution in [0.5, 0.6) is 0 Å². The topological polar surface area (TPSA) is 0 Å². The fraction of sp³-hybridized carbons (Fsp3) is 0.333. The normalized spacial score (nSPS) is 16.6. The molecule has 1 aromatic carbocycles. The second-order valence-corrected chi connectivity index (χ2v) is 8.66. The van der Waals surface area contributed by atoms with Gasteiger partial charge in [-0.05, 0) is 0 Å². The van der Waals surface area contributed by atoms with Crippen molar-refractivity contribution < 1.29 is 19.2 Å². The Balaban J connectivity index is 0. The summed E-state index contributed by atoms with van der Waals surface area (Å²) < 4.78 is 0. The van der Waals surface area contributed by atoms with E-state index in [0.29, 0.717) is 12.8 Å². The Kier molecular flexibility index (Phi) is 17.1. The summed E-state index contributed by atoms with van der Waals surface area (Å²) in [7, 11) is 0. The molecule has 0 nitrogen and oxygen atoms in total. The average molecular weight is 427 g/mol. The first-order chi connectivity index (χ1) is 11.0. The van der Waals surface area contributed by atoms with Gasteiger partial charge in [-0.3, -0.25) is 12.2 Å². The molecule has 0 aliphatic heterocycles. The number of benzene rings is 1. The van der Waals surface area contributed by atoms with Crippen molar-refractivity contribution in [3.63, 3.8) is 0 Å². The summed E-state index contributed by atoms with van der Waals surface area (Å²) in [6.07, 6.45) is 13.8. The molecule has 0 fully saturated rings. The van der Waals surface area contributed by atoms with E-state index in [1.54, 1.807) is 0 Å². The van der Waals surface area contributed by atoms with Gasteiger partial charge in [-0.2, -0.15) is 11.6 Å². The van der Waals surface area contributed by atoms with Crippen LogP contribution in [0.1, 0.15) is 39.7 Å². The van der Waals surface area contributed by atoms with Crippen LogP contribution in [0.4, 0.5) is 0 Å². The second kappa shape index (κ2) is 15.9. The Morgan fingerprint density at radius 1 is 1.12 bits per heavy atom. The predicted octanol–water partition coefficient (Wildman–Crippen LogP) is 5.96. The van der Waals surface area contributed by atoms with E-state index in [-0.39, 0.29) is 24.8 Å². The molecule has 0 saturated heterocycles. The molecule has 134 valence electrons. The molecule has 0 radical (unpaired) electrons. The summed E-state index contributed by atoms with van der Waals surface area (Å²) in [5.74, 6) is 0.556. The van der Waals surface area contributed by atoms with Crippen LogP contribution in [0.2, 0.25) is 0 Å². The summed E-state index contributed by atoms with van der Waals surface area (Å²) in [6, 6.07) is 11.9. The molecule has 0 heterocycles. The van der Waals surface area contributed by atoms with E-state index in [0.717, 1.165) is 6.42 Å². The van der Waals surface area contributed by atoms with Gasteiger partial charge in [-0.1, -0.05) is 26.7 Å². The molecular weight excluding hydrogens is 399 g/mol. The Morgan fingerprint density at radius 3 is 2.04 bits per heavy atom. The average Bonchev–Trinajstić information content (AvgIpc) is 3.09. The van der Waals surface area contributed by atoms with E-state index in [4.69, 9.17) is 0 Å². The fourth-order valence-corrected chi connectivity index (χ4v) is 3.85. The first-order valence-corrected chi connectivity index (χ1v) is 12.2. The molecular formula is C21H28Cl2SiTi. The Bertz CT molecular complexity index is 616. The maximum absolute atomic E-state index is 3.19. The number of allylic oxidation sites excluding steroid dienone is 8. The molecule has 25 heavy (non-hydrogen) atoms. The van der Waals surface area contributed by atoms with Crippen LogP contribution >= 0.6 is 24.8 Å². The quantitative estimate of drug-likeness (QED) is 0.404. The predicted molar refractivity (Wildman–Crippen MR) is 113 cm³/mol. The molecule has 1 unspecified atom stereocenters. The summed E-state index contributed by atoms with van der Waals surface area (Å²) in [5, 5.41) is 0. The molecule has 2 aliphatic carbocycles. The summed E-state index contributed by atoms with van der Waals surface area (Å²) in [6.45, 7) is 9.06. The van der Waals surface area contributed by atoms with E-state index in [2.05, 4.69) is 102 Å². The van der Waals surface area contributed by atoms with Crippen LogP contribution in [-0.2, 0) is 25.2 Å². The van der Waals surface area contributed by atoms with Crippen LogP contribution in [-0.4, -0.2) is 6.91 Å². The van der Waals surface area contributed by atoms with Crippen molar-refractivity contribution in [2.24, 2.45) is 5.92 Å². The molecule has 0 saturated carbocycles. The van der Waals surface area contributed by atoms with Crippen LogP contribution in [0.25, 0.3) is 0 Å². The third kappa shape index (κ3) is 13.5. The van der Waals surface area contributed by atoms with Gasteiger partial charge in [0, 0.05) is 0 Å². The van der Waals surface area contributed by atoms with Crippen molar-refractivity contribution in [3.05, 3.63) is 83.0 Å². The minimum absolute atomic E-state index is 0. The van der Waals surface area contributed by atoms with Crippen molar-refractivity contribution in [1.82, 2.24) is 0 Å². The van der Waals surface area contributed by atoms with E-state index < -0.39 is 0 Å². The van der Waals surface area contributed by atoms with Gasteiger partial charge in [0.15, 0.2) is 0 Å². The number of hydrogen-bond acceptors (Lipinski definition) is 0. The Hall–Kier alpha value is -0.309. The molecule has 0 aromatic heterocycles. The Morgan fingerprint density at radius 2 is 1.76 bits per heavy atom. The van der Waals surface area contributed by atoms with Crippen molar-refractivity contribution in [2.45, 2.75) is 40.2 Å². The molecule has 1 aromatic rings. The SMILES string of the molecule is CC1=CC(C)[C-]=C1.CC1=[C-]CC(C)=C1.Cl.Cl.[Ti+2]=[SiH]Cc1ccccc1. The van der Waals surface area contributed by atoms with Crippen molar-refractivity contribution in [1.29, 1.82) is 0 Å². The zero-order chi connectivity index (χ0) is 17.1. The third-order valence-corrected chi connectivity index (χ3v) is 5.01. The first kappa shape index (κ1) is 26.9. The van der Waals surface area contributed by atoms with Gasteiger partial charge >= 0.3 is 68.0 Å². The van der Waals surface area contributed by atoms with E-state index >= 15 is 0 Å². The van der Waals surface area contributed by atoms with E-state index in [9.17, 15) is 0 Å². The number of halogens is 2. The summed E-state index contributed by atoms with van der Waals surface area (Å²) in [4.78, 5) is 0. The summed E-state index contributed by atoms with van der Waals surface area (Å²) >= 11 is 2.28. The monoisotopic (exact) mass is 426 g/mol. The van der Waals surface area contributed by atoms with E-state index in [1.165, 1.54) is 28.3 Å². The van der Waals surface area contributed by atoms with E-state index in [1.807, 2.05) is 6.08 Å². The van der Waals surface area contributed by atoms with Crippen molar-refractivity contribution in [2.75, 3.05) is 0 Å². The molecule has 0 N–H and O–H groups in total. The van der Waals surface area contributed by atoms with Gasteiger partial charge in [0.1, 0.15) is 0 Å². The van der Waals surface area contributed by atoms with Gasteiger partial charge in [-0.25, -0.2) is 23.3 Å². The third-order valence-electron chi connectivity index (χ3n) is 3.38. The van der Waals surface area contributed by atoms with Crippen molar-refractivity contribution >= 4 is 31.7 Å². The molecule has 0 bridgehead atoms. The van der Waals surface area contributed by atoms with Gasteiger partial charge in [0.2, 0.25) is 0 Å². The van der Waals surface area contributed by atoms with Crippen molar-refractivity contribution in [3.8, 4) is 0 Å². The fourth-order valence-electron chi connectivity index (χ4n) is 2.24. The van der Waals surface area contributed by atoms with Crippen LogP contribution in [0.3, 0.4) is 0 Å². The van der Waals surface area contributed by atoms with Gasteiger partial charge in [-0.15, -0.1) is 38.2 Å². The van der Waals surface area contributed by atoms with Gasteiger partial charge in [0.25, 0.3) is 0 Å². The zero-order valence-corrected chi connectivity index (χ0v) is 19.9.